The van der Waals surface area contributed by atoms with Crippen molar-refractivity contribution in [2.24, 2.45) is 0 Å². The fourth-order valence-electron chi connectivity index (χ4n) is 3.84. The summed E-state index contributed by atoms with van der Waals surface area (Å²) in [5.41, 5.74) is 3.28. The number of carboxylic acid groups (broad SMARTS) is 1. The minimum absolute atomic E-state index is 0.0145. The zero-order valence-corrected chi connectivity index (χ0v) is 20.1. The molecule has 0 saturated carbocycles. The molecule has 176 valence electrons. The van der Waals surface area contributed by atoms with E-state index >= 15 is 0 Å². The third-order valence-corrected chi connectivity index (χ3v) is 6.48. The number of amides is 2. The van der Waals surface area contributed by atoms with E-state index in [4.69, 9.17) is 5.11 Å². The molecule has 2 amide bonds. The van der Waals surface area contributed by atoms with E-state index < -0.39 is 5.97 Å². The lowest BCUT2D eigenvalue weighted by atomic mass is 10.1. The Morgan fingerprint density at radius 3 is 2.14 bits per heavy atom. The number of aliphatic carboxylic acids is 1. The van der Waals surface area contributed by atoms with Crippen molar-refractivity contribution in [3.63, 3.8) is 0 Å². The summed E-state index contributed by atoms with van der Waals surface area (Å²) in [6.45, 7) is 2.01. The van der Waals surface area contributed by atoms with Gasteiger partial charge in [0.1, 0.15) is 0 Å². The van der Waals surface area contributed by atoms with Crippen LogP contribution in [0.1, 0.15) is 24.1 Å². The number of rotatable bonds is 8. The van der Waals surface area contributed by atoms with Crippen molar-refractivity contribution in [3.8, 4) is 0 Å². The molecular weight excluding hydrogens is 456 g/mol. The molecule has 4 aromatic carbocycles. The quantitative estimate of drug-likeness (QED) is 0.277. The van der Waals surface area contributed by atoms with Crippen LogP contribution in [0.25, 0.3) is 0 Å². The van der Waals surface area contributed by atoms with E-state index in [0.29, 0.717) is 5.69 Å². The van der Waals surface area contributed by atoms with Crippen LogP contribution >= 0.6 is 11.8 Å². The molecule has 0 bridgehead atoms. The number of urea groups is 1. The second-order valence-electron chi connectivity index (χ2n) is 8.07. The Kier molecular flexibility index (Phi) is 7.85. The molecule has 0 heterocycles. The van der Waals surface area contributed by atoms with Crippen LogP contribution in [0.4, 0.5) is 16.2 Å². The lowest BCUT2D eigenvalue weighted by molar-refractivity contribution is -0.136. The first kappa shape index (κ1) is 24.1. The molecule has 0 aliphatic rings. The minimum atomic E-state index is -0.857. The van der Waals surface area contributed by atoms with Crippen LogP contribution in [0.15, 0.2) is 119 Å². The van der Waals surface area contributed by atoms with Crippen molar-refractivity contribution in [3.05, 3.63) is 120 Å². The summed E-state index contributed by atoms with van der Waals surface area (Å²) in [5, 5.41) is 12.1. The molecule has 1 unspecified atom stereocenters. The molecule has 5 nitrogen and oxygen atoms in total. The van der Waals surface area contributed by atoms with E-state index in [9.17, 15) is 9.59 Å². The Balaban J connectivity index is 1.54. The average molecular weight is 483 g/mol. The molecule has 1 atom stereocenters. The summed E-state index contributed by atoms with van der Waals surface area (Å²) in [6, 6.07) is 34.3. The number of para-hydroxylation sites is 1. The van der Waals surface area contributed by atoms with Gasteiger partial charge in [0.25, 0.3) is 0 Å². The second-order valence-corrected chi connectivity index (χ2v) is 9.22. The first-order chi connectivity index (χ1) is 17.0. The van der Waals surface area contributed by atoms with Gasteiger partial charge in [-0.15, -0.1) is 0 Å². The maximum atomic E-state index is 13.5. The molecule has 2 N–H and O–H groups in total. The standard InChI is InChI=1S/C29H26N2O3S/c1-21(23-11-4-2-5-12-23)31(25-14-6-3-7-15-25)29(34)30-24-13-9-17-27(20-24)35-26-16-8-10-22(18-26)19-28(32)33/h2-18,20-21H,19H2,1H3,(H,30,34)(H,32,33). The Bertz CT molecular complexity index is 1300. The summed E-state index contributed by atoms with van der Waals surface area (Å²) in [7, 11) is 0. The molecule has 0 fully saturated rings. The molecule has 6 heteroatoms. The summed E-state index contributed by atoms with van der Waals surface area (Å²) in [5.74, 6) is -0.857. The van der Waals surface area contributed by atoms with Crippen molar-refractivity contribution >= 4 is 35.1 Å². The fourth-order valence-corrected chi connectivity index (χ4v) is 4.80. The predicted molar refractivity (Wildman–Crippen MR) is 141 cm³/mol. The smallest absolute Gasteiger partial charge is 0.326 e. The van der Waals surface area contributed by atoms with E-state index in [1.807, 2.05) is 110 Å². The van der Waals surface area contributed by atoms with Crippen molar-refractivity contribution in [1.29, 1.82) is 0 Å². The largest absolute Gasteiger partial charge is 0.481 e. The summed E-state index contributed by atoms with van der Waals surface area (Å²) < 4.78 is 0. The topological polar surface area (TPSA) is 69.6 Å². The van der Waals surface area contributed by atoms with Crippen molar-refractivity contribution in [1.82, 2.24) is 0 Å². The maximum Gasteiger partial charge on any atom is 0.326 e. The van der Waals surface area contributed by atoms with Crippen molar-refractivity contribution in [2.45, 2.75) is 29.2 Å². The number of hydrogen-bond donors (Lipinski definition) is 2. The van der Waals surface area contributed by atoms with Crippen molar-refractivity contribution < 1.29 is 14.7 Å². The molecule has 0 aliphatic carbocycles. The number of carbonyl (C=O) groups excluding carboxylic acids is 1. The Morgan fingerprint density at radius 2 is 1.46 bits per heavy atom. The lowest BCUT2D eigenvalue weighted by Crippen LogP contribution is -2.37. The SMILES string of the molecule is CC(c1ccccc1)N(C(=O)Nc1cccc(Sc2cccc(CC(=O)O)c2)c1)c1ccccc1. The molecule has 35 heavy (non-hydrogen) atoms. The van der Waals surface area contributed by atoms with Crippen LogP contribution in [0.5, 0.6) is 0 Å². The van der Waals surface area contributed by atoms with Crippen LogP contribution in [0, 0.1) is 0 Å². The van der Waals surface area contributed by atoms with Gasteiger partial charge in [0.2, 0.25) is 0 Å². The number of carboxylic acids is 1. The highest BCUT2D eigenvalue weighted by molar-refractivity contribution is 7.99. The van der Waals surface area contributed by atoms with Crippen molar-refractivity contribution in [2.75, 3.05) is 10.2 Å². The van der Waals surface area contributed by atoms with Crippen LogP contribution in [-0.2, 0) is 11.2 Å². The first-order valence-corrected chi connectivity index (χ1v) is 12.1. The van der Waals surface area contributed by atoms with Gasteiger partial charge in [0.05, 0.1) is 12.5 Å². The molecule has 0 aromatic heterocycles. The average Bonchev–Trinajstić information content (AvgIpc) is 2.85. The Morgan fingerprint density at radius 1 is 0.829 bits per heavy atom. The van der Waals surface area contributed by atoms with Crippen LogP contribution < -0.4 is 10.2 Å². The first-order valence-electron chi connectivity index (χ1n) is 11.3. The summed E-state index contributed by atoms with van der Waals surface area (Å²) >= 11 is 1.52. The van der Waals surface area contributed by atoms with Gasteiger partial charge in [-0.05, 0) is 60.5 Å². The van der Waals surface area contributed by atoms with E-state index in [-0.39, 0.29) is 18.5 Å². The van der Waals surface area contributed by atoms with Crippen LogP contribution in [-0.4, -0.2) is 17.1 Å². The molecule has 0 saturated heterocycles. The van der Waals surface area contributed by atoms with Gasteiger partial charge in [-0.3, -0.25) is 9.69 Å². The normalized spacial score (nSPS) is 11.5. The number of nitrogens with one attached hydrogen (secondary N) is 1. The zero-order chi connectivity index (χ0) is 24.6. The van der Waals surface area contributed by atoms with Gasteiger partial charge in [0, 0.05) is 21.2 Å². The number of anilines is 2. The third-order valence-electron chi connectivity index (χ3n) is 5.50. The van der Waals surface area contributed by atoms with Gasteiger partial charge in [-0.1, -0.05) is 78.5 Å². The highest BCUT2D eigenvalue weighted by Crippen LogP contribution is 2.31. The van der Waals surface area contributed by atoms with E-state index in [0.717, 1.165) is 26.6 Å². The number of hydrogen-bond acceptors (Lipinski definition) is 3. The minimum Gasteiger partial charge on any atom is -0.481 e. The van der Waals surface area contributed by atoms with Gasteiger partial charge in [-0.2, -0.15) is 0 Å². The molecule has 4 aromatic rings. The van der Waals surface area contributed by atoms with Gasteiger partial charge in [-0.25, -0.2) is 4.79 Å². The highest BCUT2D eigenvalue weighted by atomic mass is 32.2. The van der Waals surface area contributed by atoms with Gasteiger partial charge in [0.15, 0.2) is 0 Å². The number of carbonyl (C=O) groups is 2. The summed E-state index contributed by atoms with van der Waals surface area (Å²) in [6.07, 6.45) is -0.0145. The van der Waals surface area contributed by atoms with Crippen LogP contribution in [0.3, 0.4) is 0 Å². The predicted octanol–water partition coefficient (Wildman–Crippen LogP) is 7.26. The van der Waals surface area contributed by atoms with E-state index in [2.05, 4.69) is 5.32 Å². The molecular formula is C29H26N2O3S. The molecule has 0 spiro atoms. The fraction of sp³-hybridized carbons (Fsp3) is 0.103. The highest BCUT2D eigenvalue weighted by Gasteiger charge is 2.23. The Hall–Kier alpha value is -4.03. The second kappa shape index (κ2) is 11.4. The monoisotopic (exact) mass is 482 g/mol. The maximum absolute atomic E-state index is 13.5. The van der Waals surface area contributed by atoms with Gasteiger partial charge >= 0.3 is 12.0 Å². The molecule has 0 radical (unpaired) electrons. The molecule has 4 rings (SSSR count). The Labute approximate surface area is 209 Å². The van der Waals surface area contributed by atoms with E-state index in [1.54, 1.807) is 11.0 Å². The lowest BCUT2D eigenvalue weighted by Gasteiger charge is -2.30. The zero-order valence-electron chi connectivity index (χ0n) is 19.3. The number of nitrogens with zero attached hydrogens (tertiary/aromatic N) is 1. The summed E-state index contributed by atoms with van der Waals surface area (Å²) in [4.78, 5) is 28.2. The third kappa shape index (κ3) is 6.52. The van der Waals surface area contributed by atoms with Gasteiger partial charge < -0.3 is 10.4 Å². The van der Waals surface area contributed by atoms with E-state index in [1.165, 1.54) is 11.8 Å². The molecule has 0 aliphatic heterocycles. The van der Waals surface area contributed by atoms with Crippen LogP contribution in [0.2, 0.25) is 0 Å². The number of benzene rings is 4.